The molecule has 0 unspecified atom stereocenters. The molecule has 0 saturated carbocycles. The number of nitrogens with zero attached hydrogens (tertiary/aromatic N) is 3. The lowest BCUT2D eigenvalue weighted by Crippen LogP contribution is -2.23. The maximum absolute atomic E-state index is 5.58. The highest BCUT2D eigenvalue weighted by Crippen LogP contribution is 2.13. The predicted octanol–water partition coefficient (Wildman–Crippen LogP) is 1.61. The Kier molecular flexibility index (Phi) is 4.41. The fourth-order valence-corrected chi connectivity index (χ4v) is 1.94. The normalized spacial score (nSPS) is 10.9. The van der Waals surface area contributed by atoms with Crippen LogP contribution in [-0.2, 0) is 13.1 Å². The summed E-state index contributed by atoms with van der Waals surface area (Å²) in [6.07, 6.45) is 1.90. The summed E-state index contributed by atoms with van der Waals surface area (Å²) in [6.45, 7) is 2.63. The third-order valence-corrected chi connectivity index (χ3v) is 2.96. The van der Waals surface area contributed by atoms with E-state index in [1.54, 1.807) is 7.11 Å². The van der Waals surface area contributed by atoms with Gasteiger partial charge in [0.1, 0.15) is 11.6 Å². The molecule has 5 heteroatoms. The smallest absolute Gasteiger partial charge is 0.145 e. The Morgan fingerprint density at radius 2 is 2.21 bits per heavy atom. The van der Waals surface area contributed by atoms with Gasteiger partial charge < -0.3 is 15.4 Å². The number of aromatic nitrogens is 2. The van der Waals surface area contributed by atoms with Crippen molar-refractivity contribution in [2.75, 3.05) is 26.4 Å². The monoisotopic (exact) mass is 260 g/mol. The zero-order chi connectivity index (χ0) is 13.7. The molecule has 0 spiro atoms. The molecule has 0 radical (unpaired) electrons. The van der Waals surface area contributed by atoms with Gasteiger partial charge in [0.25, 0.3) is 0 Å². The molecular weight excluding hydrogens is 240 g/mol. The van der Waals surface area contributed by atoms with E-state index >= 15 is 0 Å². The van der Waals surface area contributed by atoms with E-state index in [2.05, 4.69) is 29.2 Å². The summed E-state index contributed by atoms with van der Waals surface area (Å²) in [5, 5.41) is 4.16. The molecule has 1 heterocycles. The van der Waals surface area contributed by atoms with Crippen molar-refractivity contribution in [3.8, 4) is 5.75 Å². The number of hydrogen-bond donors (Lipinski definition) is 1. The molecular formula is C14H20N4O. The summed E-state index contributed by atoms with van der Waals surface area (Å²) in [6, 6.07) is 9.93. The van der Waals surface area contributed by atoms with Crippen molar-refractivity contribution < 1.29 is 4.74 Å². The minimum absolute atomic E-state index is 0.565. The van der Waals surface area contributed by atoms with E-state index in [0.717, 1.165) is 25.4 Å². The fourth-order valence-electron chi connectivity index (χ4n) is 1.94. The number of methoxy groups -OCH3 is 1. The first kappa shape index (κ1) is 13.4. The highest BCUT2D eigenvalue weighted by molar-refractivity contribution is 5.28. The van der Waals surface area contributed by atoms with Crippen LogP contribution in [0.4, 0.5) is 5.82 Å². The van der Waals surface area contributed by atoms with Crippen molar-refractivity contribution in [3.63, 3.8) is 0 Å². The highest BCUT2D eigenvalue weighted by atomic mass is 16.5. The largest absolute Gasteiger partial charge is 0.497 e. The van der Waals surface area contributed by atoms with Gasteiger partial charge in [0.2, 0.25) is 0 Å². The molecule has 0 fully saturated rings. The summed E-state index contributed by atoms with van der Waals surface area (Å²) in [5.74, 6) is 1.46. The maximum atomic E-state index is 5.58. The molecule has 2 rings (SSSR count). The lowest BCUT2D eigenvalue weighted by molar-refractivity contribution is 0.305. The second-order valence-corrected chi connectivity index (χ2v) is 4.59. The van der Waals surface area contributed by atoms with Crippen LogP contribution in [0.5, 0.6) is 5.75 Å². The van der Waals surface area contributed by atoms with Gasteiger partial charge in [0.15, 0.2) is 0 Å². The first-order valence-electron chi connectivity index (χ1n) is 6.28. The summed E-state index contributed by atoms with van der Waals surface area (Å²) in [7, 11) is 3.78. The van der Waals surface area contributed by atoms with Crippen LogP contribution in [0.3, 0.4) is 0 Å². The Morgan fingerprint density at radius 1 is 1.37 bits per heavy atom. The van der Waals surface area contributed by atoms with Crippen molar-refractivity contribution >= 4 is 5.82 Å². The molecule has 19 heavy (non-hydrogen) atoms. The second kappa shape index (κ2) is 6.24. The van der Waals surface area contributed by atoms with Crippen molar-refractivity contribution in [2.24, 2.45) is 0 Å². The molecule has 0 bridgehead atoms. The van der Waals surface area contributed by atoms with Crippen LogP contribution in [0.25, 0.3) is 0 Å². The van der Waals surface area contributed by atoms with Gasteiger partial charge in [-0.05, 0) is 30.8 Å². The van der Waals surface area contributed by atoms with Crippen LogP contribution < -0.4 is 10.5 Å². The van der Waals surface area contributed by atoms with E-state index in [1.807, 2.05) is 29.1 Å². The summed E-state index contributed by atoms with van der Waals surface area (Å²) in [5.41, 5.74) is 6.82. The number of benzene rings is 1. The minimum atomic E-state index is 0.565. The maximum Gasteiger partial charge on any atom is 0.145 e. The number of ether oxygens (including phenoxy) is 1. The zero-order valence-corrected chi connectivity index (χ0v) is 11.4. The SMILES string of the molecule is COc1cccc(CN(C)CCn2ccc(N)n2)c1. The van der Waals surface area contributed by atoms with Crippen LogP contribution in [0, 0.1) is 0 Å². The Labute approximate surface area is 113 Å². The molecule has 0 saturated heterocycles. The van der Waals surface area contributed by atoms with Gasteiger partial charge in [-0.2, -0.15) is 5.10 Å². The molecule has 0 aliphatic rings. The summed E-state index contributed by atoms with van der Waals surface area (Å²) < 4.78 is 7.08. The first-order valence-corrected chi connectivity index (χ1v) is 6.28. The third-order valence-electron chi connectivity index (χ3n) is 2.96. The summed E-state index contributed by atoms with van der Waals surface area (Å²) in [4.78, 5) is 2.24. The molecule has 0 aliphatic carbocycles. The van der Waals surface area contributed by atoms with Crippen LogP contribution in [-0.4, -0.2) is 35.4 Å². The molecule has 1 aromatic carbocycles. The van der Waals surface area contributed by atoms with Gasteiger partial charge in [-0.25, -0.2) is 0 Å². The van der Waals surface area contributed by atoms with E-state index < -0.39 is 0 Å². The lowest BCUT2D eigenvalue weighted by atomic mass is 10.2. The molecule has 2 N–H and O–H groups in total. The number of rotatable bonds is 6. The van der Waals surface area contributed by atoms with E-state index in [-0.39, 0.29) is 0 Å². The number of nitrogens with two attached hydrogens (primary N) is 1. The standard InChI is InChI=1S/C14H20N4O/c1-17(8-9-18-7-6-14(15)16-18)11-12-4-3-5-13(10-12)19-2/h3-7,10H,8-9,11H2,1-2H3,(H2,15,16). The predicted molar refractivity (Wildman–Crippen MR) is 76.0 cm³/mol. The molecule has 0 aliphatic heterocycles. The van der Waals surface area contributed by atoms with Gasteiger partial charge in [0, 0.05) is 19.3 Å². The number of nitrogen functional groups attached to an aromatic ring is 1. The highest BCUT2D eigenvalue weighted by Gasteiger charge is 2.02. The number of hydrogen-bond acceptors (Lipinski definition) is 4. The average molecular weight is 260 g/mol. The Balaban J connectivity index is 1.84. The lowest BCUT2D eigenvalue weighted by Gasteiger charge is -2.17. The van der Waals surface area contributed by atoms with Crippen molar-refractivity contribution in [2.45, 2.75) is 13.1 Å². The quantitative estimate of drug-likeness (QED) is 0.857. The topological polar surface area (TPSA) is 56.3 Å². The first-order chi connectivity index (χ1) is 9.17. The number of likely N-dealkylation sites (N-methyl/N-ethyl adjacent to an activating group) is 1. The van der Waals surface area contributed by atoms with Crippen molar-refractivity contribution in [1.82, 2.24) is 14.7 Å². The van der Waals surface area contributed by atoms with Crippen LogP contribution in [0.15, 0.2) is 36.5 Å². The molecule has 5 nitrogen and oxygen atoms in total. The van der Waals surface area contributed by atoms with E-state index in [4.69, 9.17) is 10.5 Å². The van der Waals surface area contributed by atoms with Crippen LogP contribution >= 0.6 is 0 Å². The Morgan fingerprint density at radius 3 is 2.89 bits per heavy atom. The minimum Gasteiger partial charge on any atom is -0.497 e. The van der Waals surface area contributed by atoms with Crippen LogP contribution in [0.1, 0.15) is 5.56 Å². The number of anilines is 1. The van der Waals surface area contributed by atoms with Gasteiger partial charge in [-0.1, -0.05) is 12.1 Å². The molecule has 0 amide bonds. The Bertz CT molecular complexity index is 524. The Hall–Kier alpha value is -2.01. The summed E-state index contributed by atoms with van der Waals surface area (Å²) >= 11 is 0. The third kappa shape index (κ3) is 3.99. The average Bonchev–Trinajstić information content (AvgIpc) is 2.82. The van der Waals surface area contributed by atoms with Gasteiger partial charge >= 0.3 is 0 Å². The van der Waals surface area contributed by atoms with E-state index in [9.17, 15) is 0 Å². The van der Waals surface area contributed by atoms with E-state index in [0.29, 0.717) is 5.82 Å². The molecule has 0 atom stereocenters. The van der Waals surface area contributed by atoms with Gasteiger partial charge in [-0.3, -0.25) is 4.68 Å². The van der Waals surface area contributed by atoms with Crippen molar-refractivity contribution in [3.05, 3.63) is 42.1 Å². The van der Waals surface area contributed by atoms with Gasteiger partial charge in [0.05, 0.1) is 13.7 Å². The zero-order valence-electron chi connectivity index (χ0n) is 11.4. The van der Waals surface area contributed by atoms with E-state index in [1.165, 1.54) is 5.56 Å². The fraction of sp³-hybridized carbons (Fsp3) is 0.357. The van der Waals surface area contributed by atoms with Crippen LogP contribution in [0.2, 0.25) is 0 Å². The molecule has 102 valence electrons. The van der Waals surface area contributed by atoms with Crippen molar-refractivity contribution in [1.29, 1.82) is 0 Å². The second-order valence-electron chi connectivity index (χ2n) is 4.59. The molecule has 2 aromatic rings. The van der Waals surface area contributed by atoms with Gasteiger partial charge in [-0.15, -0.1) is 0 Å². The molecule has 1 aromatic heterocycles.